The Labute approximate surface area is 118 Å². The van der Waals surface area contributed by atoms with Crippen LogP contribution < -0.4 is 0 Å². The Morgan fingerprint density at radius 1 is 0.300 bits per heavy atom. The normalized spacial score (nSPS) is 0. The predicted molar refractivity (Wildman–Crippen MR) is 43.4 cm³/mol. The Morgan fingerprint density at radius 2 is 0.300 bits per heavy atom. The molecule has 10 heavy (non-hydrogen) atoms. The second kappa shape index (κ2) is 239. The number of halogens is 3. The van der Waals surface area contributed by atoms with Gasteiger partial charge in [-0.15, -0.1) is 37.2 Å². The predicted octanol–water partition coefficient (Wildman–Crippen LogP) is -3.68. The molecule has 0 amide bonds. The van der Waals surface area contributed by atoms with Crippen LogP contribution in [0.25, 0.3) is 0 Å². The van der Waals surface area contributed by atoms with E-state index in [4.69, 9.17) is 0 Å². The van der Waals surface area contributed by atoms with Crippen molar-refractivity contribution >= 4 is 37.2 Å². The molecule has 0 rings (SSSR count). The Hall–Kier alpha value is 2.21. The van der Waals surface area contributed by atoms with Gasteiger partial charge < -0.3 is 32.9 Å². The quantitative estimate of drug-likeness (QED) is 0.407. The van der Waals surface area contributed by atoms with Crippen molar-refractivity contribution in [2.75, 3.05) is 0 Å². The van der Waals surface area contributed by atoms with E-state index in [1.165, 1.54) is 0 Å². The summed E-state index contributed by atoms with van der Waals surface area (Å²) in [5.74, 6) is 0. The number of hydrogen-bond acceptors (Lipinski definition) is 0. The van der Waals surface area contributed by atoms with E-state index < -0.39 is 0 Å². The summed E-state index contributed by atoms with van der Waals surface area (Å²) in [6.07, 6.45) is 0. The van der Waals surface area contributed by atoms with Crippen LogP contribution in [-0.4, -0.2) is 32.9 Å². The molecule has 0 heterocycles. The maximum atomic E-state index is 0. The van der Waals surface area contributed by atoms with Crippen molar-refractivity contribution in [1.29, 1.82) is 0 Å². The average Bonchev–Trinajstić information content (AvgIpc) is 0. The van der Waals surface area contributed by atoms with Gasteiger partial charge in [0.1, 0.15) is 0 Å². The van der Waals surface area contributed by atoms with E-state index in [2.05, 4.69) is 0 Å². The first-order chi connectivity index (χ1) is 0. The van der Waals surface area contributed by atoms with E-state index in [9.17, 15) is 0 Å². The Balaban J connectivity index is 0. The molecule has 10 heteroatoms. The molecular weight excluding hydrogens is 354 g/mol. The maximum absolute atomic E-state index is 0. The summed E-state index contributed by atoms with van der Waals surface area (Å²) in [7, 11) is 0. The fourth-order valence-electron chi connectivity index (χ4n) is 0. The van der Waals surface area contributed by atoms with Crippen molar-refractivity contribution in [3.8, 4) is 0 Å². The molecule has 0 aliphatic heterocycles. The van der Waals surface area contributed by atoms with E-state index in [1.54, 1.807) is 0 Å². The van der Waals surface area contributed by atoms with Gasteiger partial charge in [0.2, 0.25) is 0 Å². The molecule has 1 radical (unpaired) electrons. The van der Waals surface area contributed by atoms with Crippen LogP contribution in [0, 0.1) is 49.4 Å². The van der Waals surface area contributed by atoms with Crippen LogP contribution in [0.5, 0.6) is 0 Å². The van der Waals surface area contributed by atoms with Gasteiger partial charge in [0.05, 0.1) is 0 Å². The number of rotatable bonds is 0. The van der Waals surface area contributed by atoms with E-state index in [1.807, 2.05) is 0 Å². The van der Waals surface area contributed by atoms with Gasteiger partial charge in [-0.3, -0.25) is 0 Å². The van der Waals surface area contributed by atoms with Gasteiger partial charge in [-0.25, -0.2) is 0 Å². The summed E-state index contributed by atoms with van der Waals surface area (Å²) >= 11 is 0. The van der Waals surface area contributed by atoms with Crippen LogP contribution in [0.4, 0.5) is 0 Å². The summed E-state index contributed by atoms with van der Waals surface area (Å²) in [6.45, 7) is 0. The van der Waals surface area contributed by atoms with E-state index in [-0.39, 0.29) is 119 Å². The van der Waals surface area contributed by atoms with Gasteiger partial charge in [0, 0.05) is 49.4 Å². The van der Waals surface area contributed by atoms with E-state index in [0.717, 1.165) is 0 Å². The SMILES string of the molecule is Cl.Cl.Cl.O.O.O.O.O.O.[Eu]. The van der Waals surface area contributed by atoms with Crippen LogP contribution in [0.15, 0.2) is 0 Å². The van der Waals surface area contributed by atoms with Crippen LogP contribution in [0.1, 0.15) is 0 Å². The molecule has 0 aliphatic rings. The zero-order valence-corrected chi connectivity index (χ0v) is 9.48. The third kappa shape index (κ3) is 177. The molecule has 12 N–H and O–H groups in total. The molecule has 0 aromatic carbocycles. The first-order valence-electron chi connectivity index (χ1n) is 0. The molecule has 0 unspecified atom stereocenters. The monoisotopic (exact) mass is 369 g/mol. The second-order valence-corrected chi connectivity index (χ2v) is 0. The van der Waals surface area contributed by atoms with E-state index in [0.29, 0.717) is 0 Å². The minimum atomic E-state index is 0. The van der Waals surface area contributed by atoms with Gasteiger partial charge in [0.25, 0.3) is 0 Å². The minimum absolute atomic E-state index is 0. The summed E-state index contributed by atoms with van der Waals surface area (Å²) in [5, 5.41) is 0. The fraction of sp³-hybridized carbons (Fsp3) is 0. The molecule has 0 aromatic heterocycles. The number of hydrogen-bond donors (Lipinski definition) is 0. The molecule has 0 fully saturated rings. The minimum Gasteiger partial charge on any atom is -0.412 e. The van der Waals surface area contributed by atoms with Crippen LogP contribution in [-0.2, 0) is 0 Å². The smallest absolute Gasteiger partial charge is 0 e. The molecule has 0 atom stereocenters. The summed E-state index contributed by atoms with van der Waals surface area (Å²) in [5.41, 5.74) is 0. The van der Waals surface area contributed by atoms with Crippen LogP contribution in [0.2, 0.25) is 0 Å². The fourth-order valence-corrected chi connectivity index (χ4v) is 0. The molecule has 79 valence electrons. The second-order valence-electron chi connectivity index (χ2n) is 0. The third-order valence-electron chi connectivity index (χ3n) is 0. The van der Waals surface area contributed by atoms with Crippen molar-refractivity contribution in [2.24, 2.45) is 0 Å². The summed E-state index contributed by atoms with van der Waals surface area (Å²) < 4.78 is 0. The third-order valence-corrected chi connectivity index (χ3v) is 0. The standard InChI is InChI=1S/3ClH.Eu.6H2O/h3*1H;;6*1H2. The van der Waals surface area contributed by atoms with Crippen molar-refractivity contribution < 1.29 is 82.2 Å². The molecule has 0 bridgehead atoms. The summed E-state index contributed by atoms with van der Waals surface area (Å²) in [6, 6.07) is 0. The molecule has 0 spiro atoms. The largest absolute Gasteiger partial charge is 0.412 e. The average molecular weight is 369 g/mol. The Morgan fingerprint density at radius 3 is 0.300 bits per heavy atom. The van der Waals surface area contributed by atoms with Crippen molar-refractivity contribution in [2.45, 2.75) is 0 Å². The van der Waals surface area contributed by atoms with Gasteiger partial charge in [0.15, 0.2) is 0 Å². The van der Waals surface area contributed by atoms with Gasteiger partial charge in [-0.2, -0.15) is 0 Å². The van der Waals surface area contributed by atoms with Gasteiger partial charge in [-0.05, 0) is 0 Å². The molecule has 6 nitrogen and oxygen atoms in total. The van der Waals surface area contributed by atoms with Gasteiger partial charge in [-0.1, -0.05) is 0 Å². The molecule has 0 aromatic rings. The molecule has 0 saturated heterocycles. The Bertz CT molecular complexity index is 13.0. The molecular formula is H15Cl3EuO6. The molecule has 0 aliphatic carbocycles. The first-order valence-corrected chi connectivity index (χ1v) is 0. The van der Waals surface area contributed by atoms with Crippen LogP contribution in [0.3, 0.4) is 0 Å². The first kappa shape index (κ1) is 313. The van der Waals surface area contributed by atoms with Gasteiger partial charge >= 0.3 is 0 Å². The molecule has 0 saturated carbocycles. The summed E-state index contributed by atoms with van der Waals surface area (Å²) in [4.78, 5) is 0. The zero-order valence-electron chi connectivity index (χ0n) is 4.60. The van der Waals surface area contributed by atoms with Crippen LogP contribution >= 0.6 is 37.2 Å². The maximum Gasteiger partial charge on any atom is 0 e. The topological polar surface area (TPSA) is 189 Å². The van der Waals surface area contributed by atoms with Crippen molar-refractivity contribution in [3.63, 3.8) is 0 Å². The zero-order chi connectivity index (χ0) is 0. The Kier molecular flexibility index (Phi) is 7470. The van der Waals surface area contributed by atoms with Crippen molar-refractivity contribution in [3.05, 3.63) is 0 Å². The van der Waals surface area contributed by atoms with E-state index >= 15 is 0 Å². The van der Waals surface area contributed by atoms with Crippen molar-refractivity contribution in [1.82, 2.24) is 0 Å².